The van der Waals surface area contributed by atoms with Crippen LogP contribution in [-0.4, -0.2) is 0 Å². The van der Waals surface area contributed by atoms with Gasteiger partial charge in [0.2, 0.25) is 0 Å². The Balaban J connectivity index is 1.12. The summed E-state index contributed by atoms with van der Waals surface area (Å²) >= 11 is 1.80. The van der Waals surface area contributed by atoms with Gasteiger partial charge in [0, 0.05) is 21.6 Å². The Hall–Kier alpha value is -5.96. The molecule has 0 N–H and O–H groups in total. The molecule has 0 radical (unpaired) electrons. The Labute approximate surface area is 290 Å². The molecule has 0 aliphatic heterocycles. The first-order chi connectivity index (χ1) is 24.2. The second-order valence-corrected chi connectivity index (χ2v) is 14.1. The molecule has 9 aromatic rings. The number of hydrogen-bond acceptors (Lipinski definition) is 2. The standard InChI is InChI=1S/C47H31NS/c1-30-12-17-39(18-13-30)48(46-29-47-36(20-21-49-47)26-41(46)32-10-6-3-7-11-32)40-19-16-35-25-43-42-24-34-15-14-33(31-8-4-2-5-9-31)22-37(34)27-44(42)45(43)28-38(35)23-40/h2-29H,1H3. The highest BCUT2D eigenvalue weighted by molar-refractivity contribution is 7.17. The van der Waals surface area contributed by atoms with Crippen LogP contribution in [0, 0.1) is 6.92 Å². The van der Waals surface area contributed by atoms with E-state index in [1.807, 2.05) is 0 Å². The van der Waals surface area contributed by atoms with Crippen molar-refractivity contribution >= 4 is 60.0 Å². The van der Waals surface area contributed by atoms with Crippen LogP contribution < -0.4 is 4.90 Å². The van der Waals surface area contributed by atoms with E-state index < -0.39 is 0 Å². The minimum Gasteiger partial charge on any atom is -0.310 e. The fourth-order valence-corrected chi connectivity index (χ4v) is 8.32. The summed E-state index contributed by atoms with van der Waals surface area (Å²) in [6.45, 7) is 2.15. The van der Waals surface area contributed by atoms with E-state index in [1.54, 1.807) is 11.3 Å². The Morgan fingerprint density at radius 2 is 0.959 bits per heavy atom. The molecule has 0 saturated carbocycles. The van der Waals surface area contributed by atoms with Crippen molar-refractivity contribution in [2.24, 2.45) is 0 Å². The lowest BCUT2D eigenvalue weighted by molar-refractivity contribution is 1.29. The topological polar surface area (TPSA) is 3.24 Å². The second-order valence-electron chi connectivity index (χ2n) is 13.1. The minimum absolute atomic E-state index is 1.15. The van der Waals surface area contributed by atoms with E-state index in [4.69, 9.17) is 0 Å². The van der Waals surface area contributed by atoms with Crippen molar-refractivity contribution in [1.82, 2.24) is 0 Å². The number of nitrogens with zero attached hydrogens (tertiary/aromatic N) is 1. The quantitative estimate of drug-likeness (QED) is 0.181. The maximum absolute atomic E-state index is 2.44. The van der Waals surface area contributed by atoms with E-state index in [2.05, 4.69) is 181 Å². The van der Waals surface area contributed by atoms with Crippen LogP contribution >= 0.6 is 11.3 Å². The van der Waals surface area contributed by atoms with Crippen molar-refractivity contribution in [2.75, 3.05) is 4.90 Å². The molecule has 0 bridgehead atoms. The normalized spacial score (nSPS) is 11.8. The van der Waals surface area contributed by atoms with Gasteiger partial charge in [-0.2, -0.15) is 0 Å². The van der Waals surface area contributed by atoms with Crippen LogP contribution in [0.25, 0.3) is 76.1 Å². The molecule has 0 unspecified atom stereocenters. The zero-order valence-corrected chi connectivity index (χ0v) is 27.8. The summed E-state index contributed by atoms with van der Waals surface area (Å²) in [5.74, 6) is 0. The van der Waals surface area contributed by atoms with Gasteiger partial charge in [-0.25, -0.2) is 0 Å². The summed E-state index contributed by atoms with van der Waals surface area (Å²) < 4.78 is 1.29. The predicted octanol–water partition coefficient (Wildman–Crippen LogP) is 14.0. The monoisotopic (exact) mass is 641 g/mol. The molecule has 8 aromatic carbocycles. The molecule has 1 aliphatic rings. The highest BCUT2D eigenvalue weighted by Crippen LogP contribution is 2.51. The lowest BCUT2D eigenvalue weighted by Crippen LogP contribution is -2.11. The van der Waals surface area contributed by atoms with Crippen LogP contribution in [0.2, 0.25) is 0 Å². The minimum atomic E-state index is 1.15. The van der Waals surface area contributed by atoms with Crippen LogP contribution in [-0.2, 0) is 0 Å². The number of rotatable bonds is 5. The van der Waals surface area contributed by atoms with Gasteiger partial charge in [-0.15, -0.1) is 11.3 Å². The third-order valence-corrected chi connectivity index (χ3v) is 11.0. The first-order valence-electron chi connectivity index (χ1n) is 16.8. The lowest BCUT2D eigenvalue weighted by Gasteiger charge is -2.29. The average molecular weight is 642 g/mol. The Morgan fingerprint density at radius 1 is 0.388 bits per heavy atom. The molecule has 0 atom stereocenters. The smallest absolute Gasteiger partial charge is 0.0554 e. The molecule has 0 amide bonds. The third-order valence-electron chi connectivity index (χ3n) is 10.1. The summed E-state index contributed by atoms with van der Waals surface area (Å²) in [5.41, 5.74) is 15.0. The van der Waals surface area contributed by atoms with Gasteiger partial charge in [0.25, 0.3) is 0 Å². The van der Waals surface area contributed by atoms with Crippen molar-refractivity contribution in [3.63, 3.8) is 0 Å². The van der Waals surface area contributed by atoms with Gasteiger partial charge in [0.1, 0.15) is 0 Å². The largest absolute Gasteiger partial charge is 0.310 e. The number of thiophene rings is 1. The van der Waals surface area contributed by atoms with Crippen molar-refractivity contribution < 1.29 is 0 Å². The summed E-state index contributed by atoms with van der Waals surface area (Å²) in [6, 6.07) is 60.6. The molecule has 1 heterocycles. The molecule has 0 fully saturated rings. The molecule has 0 saturated heterocycles. The number of aryl methyl sites for hydroxylation is 1. The maximum Gasteiger partial charge on any atom is 0.0554 e. The first-order valence-corrected chi connectivity index (χ1v) is 17.7. The molecule has 2 heteroatoms. The summed E-state index contributed by atoms with van der Waals surface area (Å²) in [6.07, 6.45) is 0. The molecule has 1 nitrogen and oxygen atoms in total. The van der Waals surface area contributed by atoms with Crippen LogP contribution in [0.4, 0.5) is 17.1 Å². The fraction of sp³-hybridized carbons (Fsp3) is 0.0213. The summed E-state index contributed by atoms with van der Waals surface area (Å²) in [7, 11) is 0. The second kappa shape index (κ2) is 11.1. The Morgan fingerprint density at radius 3 is 1.65 bits per heavy atom. The van der Waals surface area contributed by atoms with Crippen LogP contribution in [0.3, 0.4) is 0 Å². The number of hydrogen-bond donors (Lipinski definition) is 0. The van der Waals surface area contributed by atoms with Crippen molar-refractivity contribution in [1.29, 1.82) is 0 Å². The number of fused-ring (bicyclic) bond motifs is 7. The molecule has 1 aromatic heterocycles. The van der Waals surface area contributed by atoms with Gasteiger partial charge in [-0.05, 0) is 151 Å². The SMILES string of the molecule is Cc1ccc(N(c2ccc3cc4c(cc3c2)-c2cc3cc(-c5ccccc5)ccc3cc2-4)c2cc3sccc3cc2-c2ccccc2)cc1. The molecule has 230 valence electrons. The van der Waals surface area contributed by atoms with Crippen LogP contribution in [0.1, 0.15) is 5.56 Å². The third kappa shape index (κ3) is 4.68. The van der Waals surface area contributed by atoms with Crippen molar-refractivity contribution in [3.05, 3.63) is 175 Å². The predicted molar refractivity (Wildman–Crippen MR) is 212 cm³/mol. The Bertz CT molecular complexity index is 2700. The van der Waals surface area contributed by atoms with Crippen molar-refractivity contribution in [3.8, 4) is 44.5 Å². The van der Waals surface area contributed by atoms with Crippen LogP contribution in [0.5, 0.6) is 0 Å². The number of anilines is 3. The van der Waals surface area contributed by atoms with E-state index in [-0.39, 0.29) is 0 Å². The maximum atomic E-state index is 2.44. The van der Waals surface area contributed by atoms with Gasteiger partial charge in [0.05, 0.1) is 5.69 Å². The highest BCUT2D eigenvalue weighted by Gasteiger charge is 2.25. The zero-order chi connectivity index (χ0) is 32.5. The van der Waals surface area contributed by atoms with E-state index >= 15 is 0 Å². The summed E-state index contributed by atoms with van der Waals surface area (Å²) in [4.78, 5) is 2.44. The first kappa shape index (κ1) is 28.1. The van der Waals surface area contributed by atoms with Gasteiger partial charge in [0.15, 0.2) is 0 Å². The molecule has 10 rings (SSSR count). The molecular formula is C47H31NS. The van der Waals surface area contributed by atoms with E-state index in [9.17, 15) is 0 Å². The van der Waals surface area contributed by atoms with Gasteiger partial charge in [-0.1, -0.05) is 96.6 Å². The summed E-state index contributed by atoms with van der Waals surface area (Å²) in [5, 5.41) is 8.53. The molecule has 0 spiro atoms. The van der Waals surface area contributed by atoms with E-state index in [0.29, 0.717) is 0 Å². The number of benzene rings is 8. The Kier molecular flexibility index (Phi) is 6.34. The van der Waals surface area contributed by atoms with Gasteiger partial charge < -0.3 is 4.90 Å². The molecule has 49 heavy (non-hydrogen) atoms. The molecule has 1 aliphatic carbocycles. The van der Waals surface area contributed by atoms with E-state index in [1.165, 1.54) is 87.4 Å². The fourth-order valence-electron chi connectivity index (χ4n) is 7.51. The lowest BCUT2D eigenvalue weighted by atomic mass is 9.77. The average Bonchev–Trinajstić information content (AvgIpc) is 3.62. The van der Waals surface area contributed by atoms with Crippen LogP contribution in [0.15, 0.2) is 169 Å². The highest BCUT2D eigenvalue weighted by atomic mass is 32.1. The van der Waals surface area contributed by atoms with Crippen molar-refractivity contribution in [2.45, 2.75) is 6.92 Å². The van der Waals surface area contributed by atoms with Gasteiger partial charge >= 0.3 is 0 Å². The molecular weight excluding hydrogens is 611 g/mol. The van der Waals surface area contributed by atoms with Gasteiger partial charge in [-0.3, -0.25) is 0 Å². The van der Waals surface area contributed by atoms with E-state index in [0.717, 1.165) is 11.4 Å². The zero-order valence-electron chi connectivity index (χ0n) is 27.0.